The van der Waals surface area contributed by atoms with Gasteiger partial charge in [-0.05, 0) is 30.3 Å². The average Bonchev–Trinajstić information content (AvgIpc) is 3.20. The number of carbonyl (C=O) groups is 1. The smallest absolute Gasteiger partial charge is 0.340 e. The summed E-state index contributed by atoms with van der Waals surface area (Å²) in [6.45, 7) is 0.344. The van der Waals surface area contributed by atoms with Crippen molar-refractivity contribution in [2.24, 2.45) is 0 Å². The molecule has 0 aliphatic carbocycles. The zero-order valence-electron chi connectivity index (χ0n) is 16.7. The van der Waals surface area contributed by atoms with Crippen LogP contribution >= 0.6 is 11.6 Å². The summed E-state index contributed by atoms with van der Waals surface area (Å²) >= 11 is 6.12. The molecule has 8 nitrogen and oxygen atoms in total. The molecule has 0 saturated carbocycles. The Balaban J connectivity index is 1.67. The van der Waals surface area contributed by atoms with E-state index >= 15 is 0 Å². The molecule has 0 bridgehead atoms. The number of hydrogen-bond donors (Lipinski definition) is 0. The van der Waals surface area contributed by atoms with Gasteiger partial charge in [-0.2, -0.15) is 10.4 Å². The van der Waals surface area contributed by atoms with E-state index in [4.69, 9.17) is 21.1 Å². The zero-order chi connectivity index (χ0) is 22.0. The van der Waals surface area contributed by atoms with Crippen LogP contribution in [0, 0.1) is 11.3 Å². The summed E-state index contributed by atoms with van der Waals surface area (Å²) in [5.74, 6) is 0.525. The van der Waals surface area contributed by atoms with Crippen molar-refractivity contribution in [1.29, 1.82) is 5.26 Å². The van der Waals surface area contributed by atoms with Gasteiger partial charge in [0.05, 0.1) is 49.7 Å². The number of hydrogen-bond acceptors (Lipinski definition) is 7. The largest absolute Gasteiger partial charge is 0.497 e. The van der Waals surface area contributed by atoms with Gasteiger partial charge in [-0.3, -0.25) is 4.68 Å². The third-order valence-corrected chi connectivity index (χ3v) is 4.89. The summed E-state index contributed by atoms with van der Waals surface area (Å²) < 4.78 is 11.8. The number of halogens is 1. The van der Waals surface area contributed by atoms with Crippen molar-refractivity contribution < 1.29 is 14.3 Å². The van der Waals surface area contributed by atoms with Crippen LogP contribution in [-0.2, 0) is 11.3 Å². The van der Waals surface area contributed by atoms with Crippen LogP contribution < -0.4 is 4.74 Å². The van der Waals surface area contributed by atoms with Gasteiger partial charge in [0.15, 0.2) is 5.82 Å². The summed E-state index contributed by atoms with van der Waals surface area (Å²) in [4.78, 5) is 21.0. The molecule has 2 aromatic carbocycles. The lowest BCUT2D eigenvalue weighted by Gasteiger charge is -2.09. The van der Waals surface area contributed by atoms with Crippen LogP contribution in [0.4, 0.5) is 0 Å². The lowest BCUT2D eigenvalue weighted by Crippen LogP contribution is -2.08. The van der Waals surface area contributed by atoms with E-state index in [0.29, 0.717) is 45.3 Å². The molecule has 0 fully saturated rings. The second kappa shape index (κ2) is 8.42. The highest BCUT2D eigenvalue weighted by Crippen LogP contribution is 2.26. The molecule has 0 saturated heterocycles. The fraction of sp³-hybridized carbons (Fsp3) is 0.136. The van der Waals surface area contributed by atoms with Crippen molar-refractivity contribution in [3.05, 3.63) is 70.6 Å². The molecule has 0 spiro atoms. The minimum absolute atomic E-state index is 0.334. The number of rotatable bonds is 5. The third-order valence-electron chi connectivity index (χ3n) is 4.67. The number of nitrogens with zero attached hydrogens (tertiary/aromatic N) is 5. The number of fused-ring (bicyclic) bond motifs is 1. The van der Waals surface area contributed by atoms with Gasteiger partial charge in [0.1, 0.15) is 5.75 Å². The van der Waals surface area contributed by atoms with E-state index in [9.17, 15) is 10.1 Å². The number of ether oxygens (including phenoxy) is 2. The molecule has 154 valence electrons. The van der Waals surface area contributed by atoms with Gasteiger partial charge in [0.25, 0.3) is 0 Å². The standard InChI is InChI=1S/C22H16ClN5O3/c1-30-18-4-13(8-24)3-15(6-18)21-25-9-14(10-26-21)12-28-20-16(11-27-28)5-17(23)7-19(20)22(29)31-2/h3-7,9-11H,12H2,1-2H3. The van der Waals surface area contributed by atoms with E-state index in [-0.39, 0.29) is 0 Å². The first kappa shape index (κ1) is 20.3. The van der Waals surface area contributed by atoms with E-state index in [0.717, 1.165) is 10.9 Å². The Morgan fingerprint density at radius 2 is 1.90 bits per heavy atom. The third kappa shape index (κ3) is 4.04. The van der Waals surface area contributed by atoms with E-state index in [2.05, 4.69) is 21.1 Å². The summed E-state index contributed by atoms with van der Waals surface area (Å²) in [6, 6.07) is 10.5. The number of methoxy groups -OCH3 is 2. The Morgan fingerprint density at radius 1 is 1.13 bits per heavy atom. The van der Waals surface area contributed by atoms with E-state index in [1.54, 1.807) is 53.6 Å². The summed E-state index contributed by atoms with van der Waals surface area (Å²) in [5, 5.41) is 14.7. The second-order valence-corrected chi connectivity index (χ2v) is 7.10. The van der Waals surface area contributed by atoms with Gasteiger partial charge in [-0.15, -0.1) is 0 Å². The molecular formula is C22H16ClN5O3. The number of carbonyl (C=O) groups excluding carboxylic acids is 1. The Kier molecular flexibility index (Phi) is 5.52. The first-order valence-corrected chi connectivity index (χ1v) is 9.54. The van der Waals surface area contributed by atoms with Crippen molar-refractivity contribution >= 4 is 28.5 Å². The fourth-order valence-electron chi connectivity index (χ4n) is 3.25. The van der Waals surface area contributed by atoms with Crippen molar-refractivity contribution in [3.8, 4) is 23.2 Å². The molecule has 2 heterocycles. The van der Waals surface area contributed by atoms with Crippen LogP contribution in [0.15, 0.2) is 48.9 Å². The van der Waals surface area contributed by atoms with Crippen molar-refractivity contribution in [2.45, 2.75) is 6.54 Å². The average molecular weight is 434 g/mol. The minimum Gasteiger partial charge on any atom is -0.497 e. The first-order valence-electron chi connectivity index (χ1n) is 9.16. The Labute approximate surface area is 182 Å². The van der Waals surface area contributed by atoms with E-state index < -0.39 is 5.97 Å². The van der Waals surface area contributed by atoms with Crippen molar-refractivity contribution in [3.63, 3.8) is 0 Å². The van der Waals surface area contributed by atoms with E-state index in [1.165, 1.54) is 14.2 Å². The lowest BCUT2D eigenvalue weighted by atomic mass is 10.1. The van der Waals surface area contributed by atoms with Crippen LogP contribution in [0.2, 0.25) is 5.02 Å². The predicted octanol–water partition coefficient (Wildman–Crippen LogP) is 3.86. The second-order valence-electron chi connectivity index (χ2n) is 6.66. The van der Waals surface area contributed by atoms with Crippen LogP contribution in [0.5, 0.6) is 5.75 Å². The molecule has 0 N–H and O–H groups in total. The topological polar surface area (TPSA) is 103 Å². The Morgan fingerprint density at radius 3 is 2.58 bits per heavy atom. The molecule has 0 amide bonds. The molecule has 0 radical (unpaired) electrons. The maximum absolute atomic E-state index is 12.2. The molecule has 0 aliphatic heterocycles. The zero-order valence-corrected chi connectivity index (χ0v) is 17.4. The number of aromatic nitrogens is 4. The van der Waals surface area contributed by atoms with Crippen molar-refractivity contribution in [2.75, 3.05) is 14.2 Å². The van der Waals surface area contributed by atoms with Crippen LogP contribution in [-0.4, -0.2) is 39.9 Å². The lowest BCUT2D eigenvalue weighted by molar-refractivity contribution is 0.0602. The highest BCUT2D eigenvalue weighted by Gasteiger charge is 2.17. The van der Waals surface area contributed by atoms with Crippen LogP contribution in [0.25, 0.3) is 22.3 Å². The molecule has 31 heavy (non-hydrogen) atoms. The summed E-state index contributed by atoms with van der Waals surface area (Å²) in [6.07, 6.45) is 4.99. The number of nitriles is 1. The minimum atomic E-state index is -0.493. The van der Waals surface area contributed by atoms with Crippen molar-refractivity contribution in [1.82, 2.24) is 19.7 Å². The first-order chi connectivity index (χ1) is 15.0. The maximum atomic E-state index is 12.2. The Hall–Kier alpha value is -3.96. The number of benzene rings is 2. The molecule has 0 unspecified atom stereocenters. The predicted molar refractivity (Wildman–Crippen MR) is 114 cm³/mol. The summed E-state index contributed by atoms with van der Waals surface area (Å²) in [5.41, 5.74) is 2.86. The van der Waals surface area contributed by atoms with Gasteiger partial charge >= 0.3 is 5.97 Å². The van der Waals surface area contributed by atoms with Gasteiger partial charge < -0.3 is 9.47 Å². The number of esters is 1. The molecule has 4 aromatic rings. The highest BCUT2D eigenvalue weighted by molar-refractivity contribution is 6.32. The van der Waals surface area contributed by atoms with Crippen LogP contribution in [0.3, 0.4) is 0 Å². The summed E-state index contributed by atoms with van der Waals surface area (Å²) in [7, 11) is 2.85. The SMILES string of the molecule is COC(=O)c1cc(Cl)cc2cnn(Cc3cnc(-c4cc(C#N)cc(OC)c4)nc3)c12. The molecule has 4 rings (SSSR count). The maximum Gasteiger partial charge on any atom is 0.340 e. The molecule has 0 atom stereocenters. The molecule has 2 aromatic heterocycles. The normalized spacial score (nSPS) is 10.6. The van der Waals surface area contributed by atoms with E-state index in [1.807, 2.05) is 0 Å². The van der Waals surface area contributed by atoms with Gasteiger partial charge in [-0.1, -0.05) is 11.6 Å². The quantitative estimate of drug-likeness (QED) is 0.440. The van der Waals surface area contributed by atoms with Gasteiger partial charge in [-0.25, -0.2) is 14.8 Å². The van der Waals surface area contributed by atoms with Gasteiger partial charge in [0.2, 0.25) is 0 Å². The van der Waals surface area contributed by atoms with Crippen LogP contribution in [0.1, 0.15) is 21.5 Å². The fourth-order valence-corrected chi connectivity index (χ4v) is 3.48. The molecular weight excluding hydrogens is 418 g/mol. The Bertz CT molecular complexity index is 1330. The molecule has 9 heteroatoms. The van der Waals surface area contributed by atoms with Gasteiger partial charge in [0, 0.05) is 33.9 Å². The molecule has 0 aliphatic rings. The highest BCUT2D eigenvalue weighted by atomic mass is 35.5. The monoisotopic (exact) mass is 433 g/mol.